The van der Waals surface area contributed by atoms with Crippen LogP contribution in [0.15, 0.2) is 30.9 Å². The van der Waals surface area contributed by atoms with Crippen LogP contribution in [0.5, 0.6) is 0 Å². The van der Waals surface area contributed by atoms with Crippen LogP contribution < -0.4 is 16.4 Å². The van der Waals surface area contributed by atoms with Crippen LogP contribution in [0, 0.1) is 5.92 Å². The molecule has 4 N–H and O–H groups in total. The van der Waals surface area contributed by atoms with Crippen LogP contribution in [0.1, 0.15) is 30.1 Å². The molecule has 30 heavy (non-hydrogen) atoms. The smallest absolute Gasteiger partial charge is 0.252 e. The van der Waals surface area contributed by atoms with Gasteiger partial charge in [-0.2, -0.15) is 5.10 Å². The lowest BCUT2D eigenvalue weighted by atomic mass is 10.1. The van der Waals surface area contributed by atoms with Gasteiger partial charge in [-0.1, -0.05) is 0 Å². The van der Waals surface area contributed by atoms with Crippen LogP contribution in [-0.4, -0.2) is 63.6 Å². The van der Waals surface area contributed by atoms with E-state index in [0.717, 1.165) is 35.4 Å². The lowest BCUT2D eigenvalue weighted by molar-refractivity contribution is 0.100. The van der Waals surface area contributed by atoms with Crippen molar-refractivity contribution in [2.45, 2.75) is 25.8 Å². The summed E-state index contributed by atoms with van der Waals surface area (Å²) in [5.74, 6) is 0.739. The van der Waals surface area contributed by atoms with Crippen LogP contribution in [0.3, 0.4) is 0 Å². The van der Waals surface area contributed by atoms with Gasteiger partial charge in [-0.3, -0.25) is 4.79 Å². The molecule has 1 saturated carbocycles. The van der Waals surface area contributed by atoms with Crippen LogP contribution >= 0.6 is 0 Å². The van der Waals surface area contributed by atoms with Crippen molar-refractivity contribution in [1.82, 2.24) is 24.5 Å². The third kappa shape index (κ3) is 4.35. The van der Waals surface area contributed by atoms with E-state index in [1.807, 2.05) is 26.4 Å². The Morgan fingerprint density at radius 3 is 2.63 bits per heavy atom. The van der Waals surface area contributed by atoms with Crippen molar-refractivity contribution >= 4 is 23.1 Å². The zero-order valence-electron chi connectivity index (χ0n) is 17.6. The highest BCUT2D eigenvalue weighted by Gasteiger charge is 2.29. The first-order valence-corrected chi connectivity index (χ1v) is 10.2. The number of fused-ring (bicyclic) bond motifs is 1. The van der Waals surface area contributed by atoms with Crippen molar-refractivity contribution in [3.63, 3.8) is 0 Å². The van der Waals surface area contributed by atoms with E-state index in [4.69, 9.17) is 5.73 Å². The molecule has 9 nitrogen and oxygen atoms in total. The molecule has 1 aliphatic carbocycles. The molecule has 3 aromatic rings. The zero-order chi connectivity index (χ0) is 21.3. The number of nitrogens with one attached hydrogen (secondary N) is 2. The molecule has 1 amide bonds. The van der Waals surface area contributed by atoms with Gasteiger partial charge in [0.15, 0.2) is 0 Å². The number of primary amides is 1. The fourth-order valence-electron chi connectivity index (χ4n) is 3.45. The van der Waals surface area contributed by atoms with E-state index in [9.17, 15) is 4.79 Å². The summed E-state index contributed by atoms with van der Waals surface area (Å²) in [6.07, 6.45) is 9.42. The topological polar surface area (TPSA) is 113 Å². The summed E-state index contributed by atoms with van der Waals surface area (Å²) >= 11 is 0. The fraction of sp³-hybridized carbons (Fsp3) is 0.429. The Hall–Kier alpha value is -3.20. The monoisotopic (exact) mass is 408 g/mol. The number of carbonyl (C=O) groups excluding carboxylic acids is 1. The number of anilines is 2. The molecular formula is C21H28N8O. The number of nitrogens with zero attached hydrogens (tertiary/aromatic N) is 5. The van der Waals surface area contributed by atoms with E-state index in [-0.39, 0.29) is 6.04 Å². The van der Waals surface area contributed by atoms with Crippen LogP contribution in [0.25, 0.3) is 16.6 Å². The van der Waals surface area contributed by atoms with Crippen molar-refractivity contribution in [2.24, 2.45) is 11.7 Å². The highest BCUT2D eigenvalue weighted by molar-refractivity contribution is 6.02. The molecule has 0 aromatic carbocycles. The Bertz CT molecular complexity index is 1040. The largest absolute Gasteiger partial charge is 0.380 e. The molecule has 3 aromatic heterocycles. The molecule has 0 aliphatic heterocycles. The molecule has 0 bridgehead atoms. The molecule has 1 unspecified atom stereocenters. The second-order valence-corrected chi connectivity index (χ2v) is 8.15. The number of hydrogen-bond donors (Lipinski definition) is 3. The van der Waals surface area contributed by atoms with Gasteiger partial charge in [-0.05, 0) is 45.8 Å². The molecule has 9 heteroatoms. The minimum absolute atomic E-state index is 0.267. The fourth-order valence-corrected chi connectivity index (χ4v) is 3.45. The molecule has 158 valence electrons. The minimum atomic E-state index is -0.491. The molecule has 1 atom stereocenters. The third-order valence-corrected chi connectivity index (χ3v) is 5.43. The normalized spacial score (nSPS) is 14.8. The predicted molar refractivity (Wildman–Crippen MR) is 118 cm³/mol. The minimum Gasteiger partial charge on any atom is -0.380 e. The Morgan fingerprint density at radius 2 is 2.00 bits per heavy atom. The SMILES string of the molecule is CC(Nc1c(C(N)=O)cnn2cc(-c3cnc(NCCN(C)C)nc3)cc12)C1CC1. The molecule has 3 heterocycles. The highest BCUT2D eigenvalue weighted by atomic mass is 16.1. The molecule has 0 radical (unpaired) electrons. The maximum absolute atomic E-state index is 12.0. The van der Waals surface area contributed by atoms with Crippen molar-refractivity contribution in [3.05, 3.63) is 36.4 Å². The molecule has 1 fully saturated rings. The van der Waals surface area contributed by atoms with Gasteiger partial charge in [0.05, 0.1) is 23.0 Å². The van der Waals surface area contributed by atoms with Gasteiger partial charge in [-0.25, -0.2) is 14.5 Å². The maximum atomic E-state index is 12.0. The molecule has 0 saturated heterocycles. The van der Waals surface area contributed by atoms with Gasteiger partial charge in [0.1, 0.15) is 0 Å². The summed E-state index contributed by atoms with van der Waals surface area (Å²) in [6, 6.07) is 2.25. The van der Waals surface area contributed by atoms with Crippen molar-refractivity contribution in [1.29, 1.82) is 0 Å². The van der Waals surface area contributed by atoms with Crippen molar-refractivity contribution < 1.29 is 4.79 Å². The summed E-state index contributed by atoms with van der Waals surface area (Å²) < 4.78 is 1.76. The average Bonchev–Trinajstić information content (AvgIpc) is 3.47. The Labute approximate surface area is 175 Å². The number of likely N-dealkylation sites (N-methyl/N-ethyl adjacent to an activating group) is 1. The van der Waals surface area contributed by atoms with Gasteiger partial charge >= 0.3 is 0 Å². The standard InChI is InChI=1S/C21H28N8O/c1-13(14-4-5-14)27-19-17(20(22)30)11-26-29-12-15(8-18(19)29)16-9-24-21(25-10-16)23-6-7-28(2)3/h8-14,27H,4-7H2,1-3H3,(H2,22,30)(H,23,24,25). The van der Waals surface area contributed by atoms with Gasteiger partial charge in [0.2, 0.25) is 5.95 Å². The van der Waals surface area contributed by atoms with Crippen molar-refractivity contribution in [3.8, 4) is 11.1 Å². The summed E-state index contributed by atoms with van der Waals surface area (Å²) in [4.78, 5) is 22.9. The Kier molecular flexibility index (Phi) is 5.54. The summed E-state index contributed by atoms with van der Waals surface area (Å²) in [5, 5.41) is 11.1. The number of rotatable bonds is 9. The van der Waals surface area contributed by atoms with Gasteiger partial charge in [-0.15, -0.1) is 0 Å². The molecule has 1 aliphatic rings. The molecule has 4 rings (SSSR count). The Balaban J connectivity index is 1.61. The second-order valence-electron chi connectivity index (χ2n) is 8.15. The van der Waals surface area contributed by atoms with Gasteiger partial charge in [0, 0.05) is 48.8 Å². The first-order chi connectivity index (χ1) is 14.4. The zero-order valence-corrected chi connectivity index (χ0v) is 17.6. The van der Waals surface area contributed by atoms with Crippen LogP contribution in [0.2, 0.25) is 0 Å². The average molecular weight is 409 g/mol. The van der Waals surface area contributed by atoms with Gasteiger partial charge in [0.25, 0.3) is 5.91 Å². The first kappa shape index (κ1) is 20.1. The van der Waals surface area contributed by atoms with E-state index in [1.54, 1.807) is 16.9 Å². The third-order valence-electron chi connectivity index (χ3n) is 5.43. The number of aromatic nitrogens is 4. The number of carbonyl (C=O) groups is 1. The van der Waals surface area contributed by atoms with Gasteiger partial charge < -0.3 is 21.3 Å². The van der Waals surface area contributed by atoms with Crippen molar-refractivity contribution in [2.75, 3.05) is 37.8 Å². The quantitative estimate of drug-likeness (QED) is 0.497. The van der Waals surface area contributed by atoms with Crippen LogP contribution in [0.4, 0.5) is 11.6 Å². The number of nitrogens with two attached hydrogens (primary N) is 1. The van der Waals surface area contributed by atoms with Crippen LogP contribution in [-0.2, 0) is 0 Å². The Morgan fingerprint density at radius 1 is 1.27 bits per heavy atom. The van der Waals surface area contributed by atoms with E-state index < -0.39 is 5.91 Å². The van der Waals surface area contributed by atoms with E-state index in [0.29, 0.717) is 17.4 Å². The summed E-state index contributed by atoms with van der Waals surface area (Å²) in [7, 11) is 4.05. The number of hydrogen-bond acceptors (Lipinski definition) is 7. The lowest BCUT2D eigenvalue weighted by Gasteiger charge is -2.17. The highest BCUT2D eigenvalue weighted by Crippen LogP contribution is 2.36. The second kappa shape index (κ2) is 8.27. The maximum Gasteiger partial charge on any atom is 0.252 e. The molecule has 0 spiro atoms. The van der Waals surface area contributed by atoms with E-state index in [1.165, 1.54) is 19.0 Å². The van der Waals surface area contributed by atoms with E-state index in [2.05, 4.69) is 37.5 Å². The molecular weight excluding hydrogens is 380 g/mol. The number of amides is 1. The summed E-state index contributed by atoms with van der Waals surface area (Å²) in [6.45, 7) is 3.81. The first-order valence-electron chi connectivity index (χ1n) is 10.2. The van der Waals surface area contributed by atoms with E-state index >= 15 is 0 Å². The lowest BCUT2D eigenvalue weighted by Crippen LogP contribution is -2.22. The predicted octanol–water partition coefficient (Wildman–Crippen LogP) is 2.07. The summed E-state index contributed by atoms with van der Waals surface area (Å²) in [5.41, 5.74) is 9.34.